The largest absolute Gasteiger partial charge is 0.444 e. The van der Waals surface area contributed by atoms with E-state index in [1.807, 2.05) is 0 Å². The molecule has 1 aromatic rings. The van der Waals surface area contributed by atoms with Gasteiger partial charge in [-0.3, -0.25) is 15.4 Å². The smallest absolute Gasteiger partial charge is 0.412 e. The zero-order chi connectivity index (χ0) is 14.6. The van der Waals surface area contributed by atoms with Crippen molar-refractivity contribution in [2.75, 3.05) is 5.32 Å². The molecule has 0 aromatic heterocycles. The summed E-state index contributed by atoms with van der Waals surface area (Å²) in [5.74, 6) is 0. The molecule has 0 atom stereocenters. The SMILES string of the molecule is CC(C)(C)OC(=O)Nc1ccc([N+](=O)[O-])cc1C#N. The third kappa shape index (κ3) is 4.27. The van der Waals surface area contributed by atoms with Gasteiger partial charge in [0.2, 0.25) is 0 Å². The van der Waals surface area contributed by atoms with Gasteiger partial charge in [0.1, 0.15) is 11.7 Å². The first kappa shape index (κ1) is 14.4. The number of anilines is 1. The van der Waals surface area contributed by atoms with Crippen LogP contribution in [0.25, 0.3) is 0 Å². The Balaban J connectivity index is 2.94. The number of nitrogens with one attached hydrogen (secondary N) is 1. The summed E-state index contributed by atoms with van der Waals surface area (Å²) in [5.41, 5.74) is -0.716. The van der Waals surface area contributed by atoms with Gasteiger partial charge in [-0.25, -0.2) is 4.79 Å². The van der Waals surface area contributed by atoms with Crippen molar-refractivity contribution in [2.24, 2.45) is 0 Å². The van der Waals surface area contributed by atoms with Crippen LogP contribution in [-0.2, 0) is 4.74 Å². The van der Waals surface area contributed by atoms with Crippen LogP contribution in [0, 0.1) is 21.4 Å². The monoisotopic (exact) mass is 263 g/mol. The number of carbonyl (C=O) groups excluding carboxylic acids is 1. The van der Waals surface area contributed by atoms with Crippen LogP contribution in [0.4, 0.5) is 16.2 Å². The number of rotatable bonds is 2. The Morgan fingerprint density at radius 2 is 2.11 bits per heavy atom. The van der Waals surface area contributed by atoms with Crippen molar-refractivity contribution in [3.8, 4) is 6.07 Å². The minimum atomic E-state index is -0.724. The molecule has 7 nitrogen and oxygen atoms in total. The number of nitro groups is 1. The fraction of sp³-hybridized carbons (Fsp3) is 0.333. The predicted molar refractivity (Wildman–Crippen MR) is 67.7 cm³/mol. The summed E-state index contributed by atoms with van der Waals surface area (Å²) >= 11 is 0. The second-order valence-corrected chi connectivity index (χ2v) is 4.73. The van der Waals surface area contributed by atoms with E-state index < -0.39 is 16.6 Å². The van der Waals surface area contributed by atoms with Gasteiger partial charge in [-0.1, -0.05) is 0 Å². The summed E-state index contributed by atoms with van der Waals surface area (Å²) in [6, 6.07) is 5.37. The fourth-order valence-electron chi connectivity index (χ4n) is 1.26. The normalized spacial score (nSPS) is 10.4. The molecule has 100 valence electrons. The maximum absolute atomic E-state index is 11.5. The molecule has 7 heteroatoms. The zero-order valence-electron chi connectivity index (χ0n) is 10.8. The molecule has 1 rings (SSSR count). The molecular formula is C12H13N3O4. The van der Waals surface area contributed by atoms with E-state index in [0.717, 1.165) is 6.07 Å². The average molecular weight is 263 g/mol. The highest BCUT2D eigenvalue weighted by atomic mass is 16.6. The molecule has 0 spiro atoms. The Labute approximate surface area is 109 Å². The molecule has 0 unspecified atom stereocenters. The number of non-ortho nitro benzene ring substituents is 1. The summed E-state index contributed by atoms with van der Waals surface area (Å²) in [7, 11) is 0. The molecule has 0 radical (unpaired) electrons. The maximum Gasteiger partial charge on any atom is 0.412 e. The van der Waals surface area contributed by atoms with Crippen molar-refractivity contribution >= 4 is 17.5 Å². The van der Waals surface area contributed by atoms with Gasteiger partial charge in [-0.05, 0) is 26.8 Å². The van der Waals surface area contributed by atoms with Gasteiger partial charge in [0.25, 0.3) is 5.69 Å². The molecule has 0 saturated carbocycles. The zero-order valence-corrected chi connectivity index (χ0v) is 10.8. The van der Waals surface area contributed by atoms with Crippen LogP contribution in [0.1, 0.15) is 26.3 Å². The molecule has 1 amide bonds. The lowest BCUT2D eigenvalue weighted by Gasteiger charge is -2.19. The molecule has 1 N–H and O–H groups in total. The molecule has 0 aliphatic carbocycles. The van der Waals surface area contributed by atoms with E-state index in [-0.39, 0.29) is 16.9 Å². The van der Waals surface area contributed by atoms with E-state index in [1.54, 1.807) is 26.8 Å². The van der Waals surface area contributed by atoms with Crippen LogP contribution >= 0.6 is 0 Å². The Hall–Kier alpha value is -2.62. The first-order valence-electron chi connectivity index (χ1n) is 5.41. The molecule has 0 aliphatic rings. The minimum absolute atomic E-state index is 0.0000548. The van der Waals surface area contributed by atoms with Crippen LogP contribution in [0.15, 0.2) is 18.2 Å². The number of nitriles is 1. The van der Waals surface area contributed by atoms with Crippen molar-refractivity contribution in [3.63, 3.8) is 0 Å². The van der Waals surface area contributed by atoms with E-state index in [2.05, 4.69) is 5.32 Å². The number of nitrogens with zero attached hydrogens (tertiary/aromatic N) is 2. The lowest BCUT2D eigenvalue weighted by Crippen LogP contribution is -2.27. The van der Waals surface area contributed by atoms with Crippen LogP contribution in [-0.4, -0.2) is 16.6 Å². The Bertz CT molecular complexity index is 555. The van der Waals surface area contributed by atoms with Crippen molar-refractivity contribution in [1.82, 2.24) is 0 Å². The number of hydrogen-bond donors (Lipinski definition) is 1. The number of benzene rings is 1. The van der Waals surface area contributed by atoms with E-state index in [0.29, 0.717) is 0 Å². The summed E-state index contributed by atoms with van der Waals surface area (Å²) in [5, 5.41) is 21.9. The highest BCUT2D eigenvalue weighted by molar-refractivity contribution is 5.87. The van der Waals surface area contributed by atoms with E-state index in [4.69, 9.17) is 10.00 Å². The van der Waals surface area contributed by atoms with Crippen LogP contribution in [0.3, 0.4) is 0 Å². The highest BCUT2D eigenvalue weighted by Gasteiger charge is 2.18. The van der Waals surface area contributed by atoms with Gasteiger partial charge in [0.15, 0.2) is 0 Å². The van der Waals surface area contributed by atoms with Gasteiger partial charge in [-0.15, -0.1) is 0 Å². The van der Waals surface area contributed by atoms with Crippen molar-refractivity contribution in [2.45, 2.75) is 26.4 Å². The van der Waals surface area contributed by atoms with Crippen molar-refractivity contribution in [1.29, 1.82) is 5.26 Å². The predicted octanol–water partition coefficient (Wildman–Crippen LogP) is 2.81. The molecule has 0 aliphatic heterocycles. The Morgan fingerprint density at radius 3 is 2.58 bits per heavy atom. The lowest BCUT2D eigenvalue weighted by atomic mass is 10.1. The van der Waals surface area contributed by atoms with Crippen LogP contribution in [0.5, 0.6) is 0 Å². The lowest BCUT2D eigenvalue weighted by molar-refractivity contribution is -0.384. The summed E-state index contributed by atoms with van der Waals surface area (Å²) in [4.78, 5) is 21.5. The van der Waals surface area contributed by atoms with Gasteiger partial charge >= 0.3 is 6.09 Å². The number of nitro benzene ring substituents is 1. The Morgan fingerprint density at radius 1 is 1.47 bits per heavy atom. The number of amides is 1. The topological polar surface area (TPSA) is 105 Å². The van der Waals surface area contributed by atoms with Crippen molar-refractivity contribution < 1.29 is 14.5 Å². The maximum atomic E-state index is 11.5. The first-order chi connectivity index (χ1) is 8.73. The van der Waals surface area contributed by atoms with Gasteiger partial charge in [-0.2, -0.15) is 5.26 Å². The van der Waals surface area contributed by atoms with Crippen LogP contribution < -0.4 is 5.32 Å². The summed E-state index contributed by atoms with van der Waals surface area (Å²) in [6.45, 7) is 5.11. The second kappa shape index (κ2) is 5.35. The number of ether oxygens (including phenoxy) is 1. The molecule has 1 aromatic carbocycles. The van der Waals surface area contributed by atoms with Gasteiger partial charge in [0.05, 0.1) is 16.2 Å². The van der Waals surface area contributed by atoms with E-state index in [1.165, 1.54) is 12.1 Å². The van der Waals surface area contributed by atoms with E-state index >= 15 is 0 Å². The van der Waals surface area contributed by atoms with E-state index in [9.17, 15) is 14.9 Å². The Kier molecular flexibility index (Phi) is 4.07. The first-order valence-corrected chi connectivity index (χ1v) is 5.41. The summed E-state index contributed by atoms with van der Waals surface area (Å²) in [6.07, 6.45) is -0.724. The molecule has 0 saturated heterocycles. The van der Waals surface area contributed by atoms with Crippen molar-refractivity contribution in [3.05, 3.63) is 33.9 Å². The molecular weight excluding hydrogens is 250 g/mol. The third-order valence-corrected chi connectivity index (χ3v) is 1.97. The molecule has 0 bridgehead atoms. The fourth-order valence-corrected chi connectivity index (χ4v) is 1.26. The molecule has 19 heavy (non-hydrogen) atoms. The molecule has 0 heterocycles. The second-order valence-electron chi connectivity index (χ2n) is 4.73. The molecule has 0 fully saturated rings. The summed E-state index contributed by atoms with van der Waals surface area (Å²) < 4.78 is 5.03. The minimum Gasteiger partial charge on any atom is -0.444 e. The highest BCUT2D eigenvalue weighted by Crippen LogP contribution is 2.22. The number of hydrogen-bond acceptors (Lipinski definition) is 5. The standard InChI is InChI=1S/C12H13N3O4/c1-12(2,3)19-11(16)14-10-5-4-9(15(17)18)6-8(10)7-13/h4-6H,1-3H3,(H,14,16). The van der Waals surface area contributed by atoms with Gasteiger partial charge in [0, 0.05) is 12.1 Å². The number of carbonyl (C=O) groups is 1. The average Bonchev–Trinajstić information content (AvgIpc) is 2.26. The quantitative estimate of drug-likeness (QED) is 0.652. The van der Waals surface area contributed by atoms with Gasteiger partial charge < -0.3 is 4.74 Å². The third-order valence-electron chi connectivity index (χ3n) is 1.97. The van der Waals surface area contributed by atoms with Crippen LogP contribution in [0.2, 0.25) is 0 Å².